The summed E-state index contributed by atoms with van der Waals surface area (Å²) in [4.78, 5) is 4.59. The van der Waals surface area contributed by atoms with Crippen molar-refractivity contribution in [2.45, 2.75) is 6.92 Å². The number of anilines is 1. The molecule has 3 rings (SSSR count). The summed E-state index contributed by atoms with van der Waals surface area (Å²) in [5, 5.41) is 1.07. The standard InChI is InChI=1S/C14H12N2S/c1-9-16-14-12(17-9)8-7-11(15)13(14)10-5-3-2-4-6-10/h2-8H,15H2,1H3. The van der Waals surface area contributed by atoms with Crippen LogP contribution in [0.5, 0.6) is 0 Å². The van der Waals surface area contributed by atoms with Gasteiger partial charge >= 0.3 is 0 Å². The molecule has 0 atom stereocenters. The first-order chi connectivity index (χ1) is 8.25. The lowest BCUT2D eigenvalue weighted by Gasteiger charge is -2.06. The van der Waals surface area contributed by atoms with Gasteiger partial charge in [0.25, 0.3) is 0 Å². The molecule has 0 aliphatic carbocycles. The Hall–Kier alpha value is -1.87. The average molecular weight is 240 g/mol. The fraction of sp³-hybridized carbons (Fsp3) is 0.0714. The highest BCUT2D eigenvalue weighted by Crippen LogP contribution is 2.35. The van der Waals surface area contributed by atoms with Gasteiger partial charge in [-0.15, -0.1) is 11.3 Å². The van der Waals surface area contributed by atoms with E-state index in [1.807, 2.05) is 37.3 Å². The van der Waals surface area contributed by atoms with Crippen LogP contribution in [0.15, 0.2) is 42.5 Å². The molecule has 0 amide bonds. The van der Waals surface area contributed by atoms with Gasteiger partial charge in [0.1, 0.15) is 0 Å². The number of fused-ring (bicyclic) bond motifs is 1. The second-order valence-corrected chi connectivity index (χ2v) is 5.21. The van der Waals surface area contributed by atoms with E-state index < -0.39 is 0 Å². The molecule has 1 heterocycles. The van der Waals surface area contributed by atoms with Crippen LogP contribution >= 0.6 is 11.3 Å². The van der Waals surface area contributed by atoms with E-state index in [0.717, 1.165) is 27.3 Å². The summed E-state index contributed by atoms with van der Waals surface area (Å²) >= 11 is 1.70. The fourth-order valence-corrected chi connectivity index (χ4v) is 2.86. The van der Waals surface area contributed by atoms with Crippen molar-refractivity contribution in [1.82, 2.24) is 4.98 Å². The molecule has 0 radical (unpaired) electrons. The van der Waals surface area contributed by atoms with Crippen LogP contribution < -0.4 is 5.73 Å². The summed E-state index contributed by atoms with van der Waals surface area (Å²) < 4.78 is 1.19. The van der Waals surface area contributed by atoms with Crippen LogP contribution in [0.4, 0.5) is 5.69 Å². The van der Waals surface area contributed by atoms with Gasteiger partial charge in [-0.25, -0.2) is 4.98 Å². The zero-order valence-corrected chi connectivity index (χ0v) is 10.3. The van der Waals surface area contributed by atoms with Crippen LogP contribution in [0.1, 0.15) is 5.01 Å². The molecule has 0 aliphatic heterocycles. The summed E-state index contributed by atoms with van der Waals surface area (Å²) in [5.74, 6) is 0. The molecule has 84 valence electrons. The molecule has 0 saturated carbocycles. The molecule has 1 aromatic heterocycles. The maximum atomic E-state index is 6.09. The number of hydrogen-bond acceptors (Lipinski definition) is 3. The number of nitrogens with two attached hydrogens (primary N) is 1. The Bertz CT molecular complexity index is 671. The highest BCUT2D eigenvalue weighted by molar-refractivity contribution is 7.18. The number of aryl methyl sites for hydroxylation is 1. The molecular formula is C14H12N2S. The lowest BCUT2D eigenvalue weighted by Crippen LogP contribution is -1.90. The molecule has 0 bridgehead atoms. The van der Waals surface area contributed by atoms with Gasteiger partial charge in [0, 0.05) is 11.3 Å². The van der Waals surface area contributed by atoms with Crippen LogP contribution in [0, 0.1) is 6.92 Å². The Kier molecular flexibility index (Phi) is 2.34. The topological polar surface area (TPSA) is 38.9 Å². The largest absolute Gasteiger partial charge is 0.398 e. The van der Waals surface area contributed by atoms with Crippen molar-refractivity contribution < 1.29 is 0 Å². The molecule has 2 N–H and O–H groups in total. The van der Waals surface area contributed by atoms with Gasteiger partial charge in [0.15, 0.2) is 0 Å². The van der Waals surface area contributed by atoms with E-state index in [2.05, 4.69) is 17.1 Å². The van der Waals surface area contributed by atoms with Gasteiger partial charge in [-0.05, 0) is 24.6 Å². The van der Waals surface area contributed by atoms with E-state index in [1.165, 1.54) is 4.70 Å². The van der Waals surface area contributed by atoms with E-state index in [9.17, 15) is 0 Å². The van der Waals surface area contributed by atoms with Gasteiger partial charge in [0.2, 0.25) is 0 Å². The third-order valence-electron chi connectivity index (χ3n) is 2.76. The maximum absolute atomic E-state index is 6.09. The number of nitrogen functional groups attached to an aromatic ring is 1. The Morgan fingerprint density at radius 3 is 2.59 bits per heavy atom. The van der Waals surface area contributed by atoms with Gasteiger partial charge in [-0.3, -0.25) is 0 Å². The van der Waals surface area contributed by atoms with E-state index in [4.69, 9.17) is 5.73 Å². The Labute approximate surface area is 104 Å². The van der Waals surface area contributed by atoms with Crippen molar-refractivity contribution in [3.8, 4) is 11.1 Å². The summed E-state index contributed by atoms with van der Waals surface area (Å²) in [6.45, 7) is 2.02. The minimum absolute atomic E-state index is 0.786. The summed E-state index contributed by atoms with van der Waals surface area (Å²) in [7, 11) is 0. The number of rotatable bonds is 1. The number of thiazole rings is 1. The zero-order chi connectivity index (χ0) is 11.8. The predicted octanol–water partition coefficient (Wildman–Crippen LogP) is 3.85. The van der Waals surface area contributed by atoms with Crippen molar-refractivity contribution >= 4 is 27.2 Å². The smallest absolute Gasteiger partial charge is 0.0914 e. The van der Waals surface area contributed by atoms with Gasteiger partial charge in [-0.2, -0.15) is 0 Å². The Balaban J connectivity index is 2.38. The van der Waals surface area contributed by atoms with E-state index in [0.29, 0.717) is 0 Å². The van der Waals surface area contributed by atoms with Gasteiger partial charge in [0.05, 0.1) is 15.2 Å². The van der Waals surface area contributed by atoms with Crippen LogP contribution in [0.25, 0.3) is 21.3 Å². The first-order valence-electron chi connectivity index (χ1n) is 5.47. The summed E-state index contributed by atoms with van der Waals surface area (Å²) in [6.07, 6.45) is 0. The van der Waals surface area contributed by atoms with Gasteiger partial charge < -0.3 is 5.73 Å². The third kappa shape index (κ3) is 1.68. The molecule has 0 spiro atoms. The number of benzene rings is 2. The molecule has 2 nitrogen and oxygen atoms in total. The molecule has 3 heteroatoms. The average Bonchev–Trinajstić information content (AvgIpc) is 2.70. The second kappa shape index (κ2) is 3.86. The van der Waals surface area contributed by atoms with Crippen molar-refractivity contribution in [2.75, 3.05) is 5.73 Å². The third-order valence-corrected chi connectivity index (χ3v) is 3.70. The molecular weight excluding hydrogens is 228 g/mol. The normalized spacial score (nSPS) is 10.9. The van der Waals surface area contributed by atoms with Crippen molar-refractivity contribution in [3.63, 3.8) is 0 Å². The van der Waals surface area contributed by atoms with Crippen molar-refractivity contribution in [1.29, 1.82) is 0 Å². The Morgan fingerprint density at radius 1 is 1.06 bits per heavy atom. The fourth-order valence-electron chi connectivity index (χ4n) is 2.03. The maximum Gasteiger partial charge on any atom is 0.0914 e. The predicted molar refractivity (Wildman–Crippen MR) is 74.2 cm³/mol. The van der Waals surface area contributed by atoms with Crippen LogP contribution in [0.2, 0.25) is 0 Å². The molecule has 17 heavy (non-hydrogen) atoms. The van der Waals surface area contributed by atoms with Crippen LogP contribution in [-0.4, -0.2) is 4.98 Å². The SMILES string of the molecule is Cc1nc2c(-c3ccccc3)c(N)ccc2s1. The number of hydrogen-bond donors (Lipinski definition) is 1. The van der Waals surface area contributed by atoms with Crippen molar-refractivity contribution in [2.24, 2.45) is 0 Å². The van der Waals surface area contributed by atoms with E-state index in [-0.39, 0.29) is 0 Å². The minimum Gasteiger partial charge on any atom is -0.398 e. The summed E-state index contributed by atoms with van der Waals surface area (Å²) in [5.41, 5.74) is 10.1. The van der Waals surface area contributed by atoms with Crippen LogP contribution in [-0.2, 0) is 0 Å². The summed E-state index contributed by atoms with van der Waals surface area (Å²) in [6, 6.07) is 14.2. The molecule has 0 aliphatic rings. The molecule has 0 unspecified atom stereocenters. The monoisotopic (exact) mass is 240 g/mol. The first kappa shape index (κ1) is 10.3. The highest BCUT2D eigenvalue weighted by atomic mass is 32.1. The quantitative estimate of drug-likeness (QED) is 0.656. The van der Waals surface area contributed by atoms with Gasteiger partial charge in [-0.1, -0.05) is 30.3 Å². The van der Waals surface area contributed by atoms with Crippen molar-refractivity contribution in [3.05, 3.63) is 47.5 Å². The molecule has 0 saturated heterocycles. The zero-order valence-electron chi connectivity index (χ0n) is 9.47. The van der Waals surface area contributed by atoms with Crippen LogP contribution in [0.3, 0.4) is 0 Å². The van der Waals surface area contributed by atoms with E-state index >= 15 is 0 Å². The first-order valence-corrected chi connectivity index (χ1v) is 6.28. The molecule has 0 fully saturated rings. The second-order valence-electron chi connectivity index (χ2n) is 3.98. The Morgan fingerprint density at radius 2 is 1.82 bits per heavy atom. The minimum atomic E-state index is 0.786. The highest BCUT2D eigenvalue weighted by Gasteiger charge is 2.11. The lowest BCUT2D eigenvalue weighted by molar-refractivity contribution is 1.35. The lowest BCUT2D eigenvalue weighted by atomic mass is 10.0. The van der Waals surface area contributed by atoms with E-state index in [1.54, 1.807) is 11.3 Å². The molecule has 3 aromatic rings. The number of nitrogens with zero attached hydrogens (tertiary/aromatic N) is 1. The number of aromatic nitrogens is 1. The molecule has 2 aromatic carbocycles.